The van der Waals surface area contributed by atoms with Crippen LogP contribution in [0.2, 0.25) is 0 Å². The average Bonchev–Trinajstić information content (AvgIpc) is 2.01. The highest BCUT2D eigenvalue weighted by Gasteiger charge is 2.01. The van der Waals surface area contributed by atoms with Gasteiger partial charge in [-0.05, 0) is 18.3 Å². The molecule has 0 aliphatic heterocycles. The molecule has 0 N–H and O–H groups in total. The van der Waals surface area contributed by atoms with Gasteiger partial charge in [0.1, 0.15) is 0 Å². The maximum Gasteiger partial charge on any atom is -0.0200 e. The molecule has 0 saturated heterocycles. The van der Waals surface area contributed by atoms with Crippen molar-refractivity contribution >= 4 is 0 Å². The summed E-state index contributed by atoms with van der Waals surface area (Å²) in [4.78, 5) is 0. The highest BCUT2D eigenvalue weighted by Crippen LogP contribution is 2.14. The molecule has 0 rings (SSSR count). The van der Waals surface area contributed by atoms with Crippen LogP contribution >= 0.6 is 0 Å². The van der Waals surface area contributed by atoms with Crippen molar-refractivity contribution in [1.29, 1.82) is 0 Å². The lowest BCUT2D eigenvalue weighted by molar-refractivity contribution is 0.544. The van der Waals surface area contributed by atoms with Gasteiger partial charge in [0, 0.05) is 0 Å². The summed E-state index contributed by atoms with van der Waals surface area (Å²) in [7, 11) is 0. The Balaban J connectivity index is 3.46. The summed E-state index contributed by atoms with van der Waals surface area (Å²) >= 11 is 0. The molecule has 0 fully saturated rings. The van der Waals surface area contributed by atoms with Gasteiger partial charge in [0.05, 0.1) is 0 Å². The molecule has 0 heteroatoms. The molecule has 0 atom stereocenters. The number of unbranched alkanes of at least 4 members (excludes halogenated alkanes) is 3. The third-order valence-electron chi connectivity index (χ3n) is 1.82. The minimum atomic E-state index is 0.313. The van der Waals surface area contributed by atoms with E-state index in [1.54, 1.807) is 0 Å². The fraction of sp³-hybridized carbons (Fsp3) is 0.692. The van der Waals surface area contributed by atoms with Gasteiger partial charge in [-0.2, -0.15) is 0 Å². The molecule has 0 aromatic carbocycles. The van der Waals surface area contributed by atoms with Gasteiger partial charge in [-0.25, -0.2) is 0 Å². The van der Waals surface area contributed by atoms with E-state index in [1.165, 1.54) is 25.7 Å². The highest BCUT2D eigenvalue weighted by atomic mass is 14.1. The Morgan fingerprint density at radius 2 is 1.69 bits per heavy atom. The van der Waals surface area contributed by atoms with Crippen molar-refractivity contribution in [3.8, 4) is 0 Å². The Bertz CT molecular complexity index is 155. The third-order valence-corrected chi connectivity index (χ3v) is 1.82. The van der Waals surface area contributed by atoms with E-state index in [4.69, 9.17) is 0 Å². The van der Waals surface area contributed by atoms with Crippen molar-refractivity contribution in [2.45, 2.75) is 53.4 Å². The molecule has 0 amide bonds. The molecule has 76 valence electrons. The number of hydrogen-bond donors (Lipinski definition) is 0. The van der Waals surface area contributed by atoms with Crippen molar-refractivity contribution in [3.05, 3.63) is 24.3 Å². The molecule has 0 nitrogen and oxygen atoms in total. The summed E-state index contributed by atoms with van der Waals surface area (Å²) in [5.74, 6) is 0. The summed E-state index contributed by atoms with van der Waals surface area (Å²) in [5, 5.41) is 0. The minimum Gasteiger partial charge on any atom is -0.0845 e. The van der Waals surface area contributed by atoms with Gasteiger partial charge in [0.2, 0.25) is 0 Å². The topological polar surface area (TPSA) is 0 Å². The summed E-state index contributed by atoms with van der Waals surface area (Å²) in [5.41, 5.74) is 0.313. The Kier molecular flexibility index (Phi) is 6.66. The molecule has 0 spiro atoms. The van der Waals surface area contributed by atoms with E-state index in [-0.39, 0.29) is 0 Å². The second-order valence-corrected chi connectivity index (χ2v) is 4.65. The van der Waals surface area contributed by atoms with Crippen LogP contribution in [0.3, 0.4) is 0 Å². The first-order chi connectivity index (χ1) is 6.06. The summed E-state index contributed by atoms with van der Waals surface area (Å²) in [6.07, 6.45) is 14.0. The second kappa shape index (κ2) is 6.94. The normalized spacial score (nSPS) is 13.2. The van der Waals surface area contributed by atoms with E-state index in [9.17, 15) is 0 Å². The van der Waals surface area contributed by atoms with Gasteiger partial charge >= 0.3 is 0 Å². The lowest BCUT2D eigenvalue weighted by Crippen LogP contribution is -1.97. The molecule has 0 unspecified atom stereocenters. The fourth-order valence-corrected chi connectivity index (χ4v) is 1.03. The number of allylic oxidation sites excluding steroid dienone is 4. The lowest BCUT2D eigenvalue weighted by atomic mass is 9.96. The highest BCUT2D eigenvalue weighted by molar-refractivity contribution is 5.05. The van der Waals surface area contributed by atoms with Crippen LogP contribution in [0, 0.1) is 5.41 Å². The molecule has 0 bridgehead atoms. The molecule has 0 aliphatic carbocycles. The smallest absolute Gasteiger partial charge is 0.0200 e. The molecular formula is C13H24. The number of rotatable bonds is 5. The zero-order chi connectivity index (χ0) is 10.2. The first-order valence-corrected chi connectivity index (χ1v) is 5.40. The van der Waals surface area contributed by atoms with Crippen molar-refractivity contribution in [2.75, 3.05) is 0 Å². The summed E-state index contributed by atoms with van der Waals surface area (Å²) in [6, 6.07) is 0. The lowest BCUT2D eigenvalue weighted by Gasteiger charge is -2.09. The predicted octanol–water partition coefficient (Wildman–Crippen LogP) is 4.73. The largest absolute Gasteiger partial charge is 0.0845 e. The average molecular weight is 180 g/mol. The molecule has 0 radical (unpaired) electrons. The molecular weight excluding hydrogens is 156 g/mol. The molecule has 0 aliphatic rings. The fourth-order valence-electron chi connectivity index (χ4n) is 1.03. The Labute approximate surface area is 83.7 Å². The van der Waals surface area contributed by atoms with Crippen LogP contribution in [0.4, 0.5) is 0 Å². The van der Waals surface area contributed by atoms with Crippen LogP contribution in [0.15, 0.2) is 24.3 Å². The van der Waals surface area contributed by atoms with Crippen molar-refractivity contribution < 1.29 is 0 Å². The first kappa shape index (κ1) is 12.5. The van der Waals surface area contributed by atoms with E-state index >= 15 is 0 Å². The van der Waals surface area contributed by atoms with Crippen LogP contribution in [0.25, 0.3) is 0 Å². The van der Waals surface area contributed by atoms with Gasteiger partial charge in [-0.1, -0.05) is 64.8 Å². The van der Waals surface area contributed by atoms with Crippen LogP contribution in [-0.4, -0.2) is 0 Å². The molecule has 0 aromatic heterocycles. The van der Waals surface area contributed by atoms with E-state index < -0.39 is 0 Å². The minimum absolute atomic E-state index is 0.313. The van der Waals surface area contributed by atoms with E-state index in [2.05, 4.69) is 52.0 Å². The van der Waals surface area contributed by atoms with Gasteiger partial charge in [0.15, 0.2) is 0 Å². The summed E-state index contributed by atoms with van der Waals surface area (Å²) in [6.45, 7) is 8.89. The zero-order valence-electron chi connectivity index (χ0n) is 9.64. The molecule has 0 aromatic rings. The van der Waals surface area contributed by atoms with Gasteiger partial charge < -0.3 is 0 Å². The van der Waals surface area contributed by atoms with E-state index in [0.717, 1.165) is 0 Å². The first-order valence-electron chi connectivity index (χ1n) is 5.40. The monoisotopic (exact) mass is 180 g/mol. The Hall–Kier alpha value is -0.520. The molecule has 13 heavy (non-hydrogen) atoms. The van der Waals surface area contributed by atoms with Crippen LogP contribution < -0.4 is 0 Å². The zero-order valence-corrected chi connectivity index (χ0v) is 9.64. The van der Waals surface area contributed by atoms with E-state index in [0.29, 0.717) is 5.41 Å². The standard InChI is InChI=1S/C13H24/c1-5-6-7-8-9-10-11-12-13(2,3)4/h9-12H,5-8H2,1-4H3/b10-9+,12-11+. The molecule has 0 saturated carbocycles. The molecule has 0 heterocycles. The van der Waals surface area contributed by atoms with Gasteiger partial charge in [0.25, 0.3) is 0 Å². The predicted molar refractivity (Wildman–Crippen MR) is 61.9 cm³/mol. The van der Waals surface area contributed by atoms with Crippen LogP contribution in [0.5, 0.6) is 0 Å². The van der Waals surface area contributed by atoms with Crippen molar-refractivity contribution in [1.82, 2.24) is 0 Å². The maximum atomic E-state index is 2.26. The van der Waals surface area contributed by atoms with Crippen LogP contribution in [0.1, 0.15) is 53.4 Å². The van der Waals surface area contributed by atoms with Crippen LogP contribution in [-0.2, 0) is 0 Å². The van der Waals surface area contributed by atoms with E-state index in [1.807, 2.05) is 0 Å². The third kappa shape index (κ3) is 11.5. The van der Waals surface area contributed by atoms with Crippen molar-refractivity contribution in [3.63, 3.8) is 0 Å². The Morgan fingerprint density at radius 1 is 1.00 bits per heavy atom. The van der Waals surface area contributed by atoms with Gasteiger partial charge in [-0.3, -0.25) is 0 Å². The van der Waals surface area contributed by atoms with Crippen molar-refractivity contribution in [2.24, 2.45) is 5.41 Å². The number of hydrogen-bond acceptors (Lipinski definition) is 0. The second-order valence-electron chi connectivity index (χ2n) is 4.65. The Morgan fingerprint density at radius 3 is 2.23 bits per heavy atom. The summed E-state index contributed by atoms with van der Waals surface area (Å²) < 4.78 is 0. The SMILES string of the molecule is CCCCC/C=C/C=C/C(C)(C)C. The maximum absolute atomic E-state index is 2.26. The quantitative estimate of drug-likeness (QED) is 0.424. The van der Waals surface area contributed by atoms with Gasteiger partial charge in [-0.15, -0.1) is 0 Å².